The number of halogens is 2. The average molecular weight is 325 g/mol. The number of rotatable bonds is 3. The van der Waals surface area contributed by atoms with Crippen LogP contribution < -0.4 is 5.32 Å². The normalized spacial score (nSPS) is 10.4. The molecule has 3 heteroatoms. The Morgan fingerprint density at radius 2 is 1.94 bits per heavy atom. The Morgan fingerprint density at radius 1 is 1.17 bits per heavy atom. The van der Waals surface area contributed by atoms with Crippen LogP contribution >= 0.6 is 27.5 Å². The molecule has 0 radical (unpaired) electrons. The quantitative estimate of drug-likeness (QED) is 0.804. The monoisotopic (exact) mass is 323 g/mol. The van der Waals surface area contributed by atoms with Crippen LogP contribution in [0.4, 0.5) is 5.69 Å². The molecule has 2 aromatic carbocycles. The molecule has 0 spiro atoms. The maximum absolute atomic E-state index is 6.20. The second-order valence-corrected chi connectivity index (χ2v) is 5.66. The zero-order valence-electron chi connectivity index (χ0n) is 10.4. The van der Waals surface area contributed by atoms with E-state index in [2.05, 4.69) is 53.3 Å². The first-order chi connectivity index (χ1) is 8.58. The number of aryl methyl sites for hydroxylation is 1. The average Bonchev–Trinajstić information content (AvgIpc) is 2.33. The van der Waals surface area contributed by atoms with Gasteiger partial charge in [0, 0.05) is 21.7 Å². The van der Waals surface area contributed by atoms with Crippen molar-refractivity contribution >= 4 is 33.2 Å². The van der Waals surface area contributed by atoms with Crippen molar-refractivity contribution < 1.29 is 0 Å². The van der Waals surface area contributed by atoms with Crippen LogP contribution in [0.25, 0.3) is 0 Å². The summed E-state index contributed by atoms with van der Waals surface area (Å²) < 4.78 is 1.00. The van der Waals surface area contributed by atoms with Gasteiger partial charge in [-0.15, -0.1) is 0 Å². The third kappa shape index (κ3) is 3.06. The Labute approximate surface area is 121 Å². The highest BCUT2D eigenvalue weighted by Gasteiger charge is 2.03. The molecule has 1 N–H and O–H groups in total. The van der Waals surface area contributed by atoms with E-state index < -0.39 is 0 Å². The molecule has 2 rings (SSSR count). The van der Waals surface area contributed by atoms with Crippen LogP contribution in [0.15, 0.2) is 40.9 Å². The van der Waals surface area contributed by atoms with Gasteiger partial charge in [-0.25, -0.2) is 0 Å². The predicted molar refractivity (Wildman–Crippen MR) is 82.4 cm³/mol. The lowest BCUT2D eigenvalue weighted by atomic mass is 10.1. The third-order valence-corrected chi connectivity index (χ3v) is 3.93. The second kappa shape index (κ2) is 5.77. The van der Waals surface area contributed by atoms with Gasteiger partial charge in [-0.2, -0.15) is 0 Å². The second-order valence-electron chi connectivity index (χ2n) is 4.34. The smallest absolute Gasteiger partial charge is 0.0467 e. The molecule has 1 nitrogen and oxygen atoms in total. The Balaban J connectivity index is 2.14. The summed E-state index contributed by atoms with van der Waals surface area (Å²) in [6.07, 6.45) is 0. The minimum atomic E-state index is 0.733. The first-order valence-corrected chi connectivity index (χ1v) is 6.99. The highest BCUT2D eigenvalue weighted by atomic mass is 79.9. The predicted octanol–water partition coefficient (Wildman–Crippen LogP) is 5.33. The molecular formula is C15H15BrClN. The maximum atomic E-state index is 6.20. The minimum absolute atomic E-state index is 0.733. The van der Waals surface area contributed by atoms with Gasteiger partial charge in [-0.3, -0.25) is 0 Å². The van der Waals surface area contributed by atoms with Crippen LogP contribution in [0, 0.1) is 13.8 Å². The van der Waals surface area contributed by atoms with E-state index in [4.69, 9.17) is 11.6 Å². The van der Waals surface area contributed by atoms with Gasteiger partial charge < -0.3 is 5.32 Å². The van der Waals surface area contributed by atoms with Crippen molar-refractivity contribution in [3.8, 4) is 0 Å². The zero-order valence-corrected chi connectivity index (χ0v) is 12.8. The fourth-order valence-corrected chi connectivity index (χ4v) is 2.54. The van der Waals surface area contributed by atoms with Crippen LogP contribution in [0.1, 0.15) is 16.7 Å². The Bertz CT molecular complexity index is 566. The molecule has 18 heavy (non-hydrogen) atoms. The molecule has 0 bridgehead atoms. The van der Waals surface area contributed by atoms with Crippen LogP contribution in [-0.2, 0) is 6.54 Å². The standard InChI is InChI=1S/C15H15BrClN/c1-10-4-3-5-15(11(10)2)18-9-12-6-7-13(16)8-14(12)17/h3-8,18H,9H2,1-2H3. The van der Waals surface area contributed by atoms with E-state index in [0.717, 1.165) is 27.3 Å². The third-order valence-electron chi connectivity index (χ3n) is 3.09. The molecule has 0 unspecified atom stereocenters. The van der Waals surface area contributed by atoms with Crippen molar-refractivity contribution in [3.63, 3.8) is 0 Å². The number of hydrogen-bond acceptors (Lipinski definition) is 1. The van der Waals surface area contributed by atoms with Crippen molar-refractivity contribution in [1.29, 1.82) is 0 Å². The van der Waals surface area contributed by atoms with Gasteiger partial charge in [-0.05, 0) is 48.7 Å². The summed E-state index contributed by atoms with van der Waals surface area (Å²) >= 11 is 9.61. The van der Waals surface area contributed by atoms with E-state index in [-0.39, 0.29) is 0 Å². The molecule has 0 saturated heterocycles. The topological polar surface area (TPSA) is 12.0 Å². The summed E-state index contributed by atoms with van der Waals surface area (Å²) in [7, 11) is 0. The van der Waals surface area contributed by atoms with Crippen LogP contribution in [0.5, 0.6) is 0 Å². The lowest BCUT2D eigenvalue weighted by Gasteiger charge is -2.12. The van der Waals surface area contributed by atoms with E-state index >= 15 is 0 Å². The molecule has 94 valence electrons. The molecule has 0 aromatic heterocycles. The molecule has 0 saturated carbocycles. The highest BCUT2D eigenvalue weighted by Crippen LogP contribution is 2.23. The SMILES string of the molecule is Cc1cccc(NCc2ccc(Br)cc2Cl)c1C. The maximum Gasteiger partial charge on any atom is 0.0467 e. The molecule has 0 aliphatic rings. The van der Waals surface area contributed by atoms with Gasteiger partial charge >= 0.3 is 0 Å². The summed E-state index contributed by atoms with van der Waals surface area (Å²) in [5.74, 6) is 0. The van der Waals surface area contributed by atoms with Crippen LogP contribution in [0.2, 0.25) is 5.02 Å². The zero-order chi connectivity index (χ0) is 13.1. The fraction of sp³-hybridized carbons (Fsp3) is 0.200. The van der Waals surface area contributed by atoms with E-state index in [1.54, 1.807) is 0 Å². The van der Waals surface area contributed by atoms with Crippen molar-refractivity contribution in [2.24, 2.45) is 0 Å². The van der Waals surface area contributed by atoms with Crippen molar-refractivity contribution in [1.82, 2.24) is 0 Å². The van der Waals surface area contributed by atoms with E-state index in [1.807, 2.05) is 18.2 Å². The van der Waals surface area contributed by atoms with Gasteiger partial charge in [0.25, 0.3) is 0 Å². The molecule has 0 fully saturated rings. The minimum Gasteiger partial charge on any atom is -0.381 e. The first kappa shape index (κ1) is 13.4. The number of benzene rings is 2. The van der Waals surface area contributed by atoms with Crippen molar-refractivity contribution in [2.75, 3.05) is 5.32 Å². The molecule has 0 aliphatic carbocycles. The van der Waals surface area contributed by atoms with Gasteiger partial charge in [0.15, 0.2) is 0 Å². The lowest BCUT2D eigenvalue weighted by molar-refractivity contribution is 1.13. The molecule has 2 aromatic rings. The Kier molecular flexibility index (Phi) is 4.31. The van der Waals surface area contributed by atoms with Crippen molar-refractivity contribution in [2.45, 2.75) is 20.4 Å². The Hall–Kier alpha value is -0.990. The number of anilines is 1. The summed E-state index contributed by atoms with van der Waals surface area (Å²) in [4.78, 5) is 0. The summed E-state index contributed by atoms with van der Waals surface area (Å²) in [6.45, 7) is 4.98. The lowest BCUT2D eigenvalue weighted by Crippen LogP contribution is -2.02. The number of nitrogens with one attached hydrogen (secondary N) is 1. The molecule has 0 amide bonds. The highest BCUT2D eigenvalue weighted by molar-refractivity contribution is 9.10. The molecule has 0 aliphatic heterocycles. The first-order valence-electron chi connectivity index (χ1n) is 5.82. The fourth-order valence-electron chi connectivity index (χ4n) is 1.80. The molecule has 0 atom stereocenters. The van der Waals surface area contributed by atoms with E-state index in [1.165, 1.54) is 11.1 Å². The summed E-state index contributed by atoms with van der Waals surface area (Å²) in [5, 5.41) is 4.21. The largest absolute Gasteiger partial charge is 0.381 e. The van der Waals surface area contributed by atoms with Gasteiger partial charge in [-0.1, -0.05) is 45.7 Å². The summed E-state index contributed by atoms with van der Waals surface area (Å²) in [5.41, 5.74) is 4.84. The van der Waals surface area contributed by atoms with Gasteiger partial charge in [0.1, 0.15) is 0 Å². The Morgan fingerprint density at radius 3 is 2.67 bits per heavy atom. The van der Waals surface area contributed by atoms with E-state index in [0.29, 0.717) is 0 Å². The van der Waals surface area contributed by atoms with Crippen LogP contribution in [0.3, 0.4) is 0 Å². The van der Waals surface area contributed by atoms with Crippen LogP contribution in [-0.4, -0.2) is 0 Å². The van der Waals surface area contributed by atoms with Crippen molar-refractivity contribution in [3.05, 3.63) is 62.6 Å². The van der Waals surface area contributed by atoms with Gasteiger partial charge in [0.2, 0.25) is 0 Å². The summed E-state index contributed by atoms with van der Waals surface area (Å²) in [6, 6.07) is 12.2. The molecule has 0 heterocycles. The van der Waals surface area contributed by atoms with E-state index in [9.17, 15) is 0 Å². The van der Waals surface area contributed by atoms with Gasteiger partial charge in [0.05, 0.1) is 0 Å². The number of hydrogen-bond donors (Lipinski definition) is 1. The molecular weight excluding hydrogens is 310 g/mol.